The van der Waals surface area contributed by atoms with Gasteiger partial charge in [0.1, 0.15) is 6.10 Å². The highest BCUT2D eigenvalue weighted by Gasteiger charge is 2.06. The Bertz CT molecular complexity index is 194. The quantitative estimate of drug-likeness (QED) is 0.541. The lowest BCUT2D eigenvalue weighted by molar-refractivity contribution is 0.183. The van der Waals surface area contributed by atoms with Gasteiger partial charge in [0, 0.05) is 7.05 Å². The van der Waals surface area contributed by atoms with Crippen molar-refractivity contribution < 1.29 is 5.11 Å². The number of tetrazole rings is 1. The van der Waals surface area contributed by atoms with Gasteiger partial charge in [-0.2, -0.15) is 0 Å². The third kappa shape index (κ3) is 1.05. The molecule has 0 aliphatic rings. The normalized spacial score (nSPS) is 13.7. The van der Waals surface area contributed by atoms with E-state index < -0.39 is 6.10 Å². The van der Waals surface area contributed by atoms with Crippen molar-refractivity contribution >= 4 is 0 Å². The minimum absolute atomic E-state index is 0.481. The van der Waals surface area contributed by atoms with Crippen molar-refractivity contribution in [1.29, 1.82) is 0 Å². The number of aliphatic hydroxyl groups excluding tert-OH is 1. The van der Waals surface area contributed by atoms with Gasteiger partial charge >= 0.3 is 0 Å². The van der Waals surface area contributed by atoms with Crippen LogP contribution in [0.2, 0.25) is 0 Å². The topological polar surface area (TPSA) is 63.8 Å². The van der Waals surface area contributed by atoms with Gasteiger partial charge in [0.2, 0.25) is 0 Å². The van der Waals surface area contributed by atoms with Gasteiger partial charge in [-0.25, -0.2) is 4.68 Å². The Morgan fingerprint density at radius 1 is 1.67 bits per heavy atom. The fourth-order valence-corrected chi connectivity index (χ4v) is 0.590. The first kappa shape index (κ1) is 6.15. The average Bonchev–Trinajstić information content (AvgIpc) is 2.13. The van der Waals surface area contributed by atoms with Crippen molar-refractivity contribution in [1.82, 2.24) is 20.2 Å². The number of hydrogen-bond acceptors (Lipinski definition) is 4. The highest BCUT2D eigenvalue weighted by Crippen LogP contribution is 2.02. The predicted octanol–water partition coefficient (Wildman–Crippen LogP) is -0.737. The summed E-state index contributed by atoms with van der Waals surface area (Å²) < 4.78 is 1.44. The molecule has 0 aliphatic carbocycles. The molecule has 1 aromatic rings. The van der Waals surface area contributed by atoms with E-state index in [1.54, 1.807) is 14.0 Å². The molecule has 1 rings (SSSR count). The summed E-state index contributed by atoms with van der Waals surface area (Å²) in [7, 11) is 1.68. The van der Waals surface area contributed by atoms with E-state index >= 15 is 0 Å². The Morgan fingerprint density at radius 3 is 2.56 bits per heavy atom. The van der Waals surface area contributed by atoms with E-state index in [0.717, 1.165) is 0 Å². The molecule has 0 unspecified atom stereocenters. The monoisotopic (exact) mass is 128 g/mol. The molecule has 50 valence electrons. The van der Waals surface area contributed by atoms with Crippen molar-refractivity contribution in [2.75, 3.05) is 0 Å². The molecular weight excluding hydrogens is 120 g/mol. The maximum Gasteiger partial charge on any atom is 0.179 e. The fourth-order valence-electron chi connectivity index (χ4n) is 0.590. The zero-order valence-electron chi connectivity index (χ0n) is 5.31. The largest absolute Gasteiger partial charge is 0.385 e. The van der Waals surface area contributed by atoms with Crippen LogP contribution in [-0.2, 0) is 7.05 Å². The molecule has 0 bridgehead atoms. The number of aliphatic hydroxyl groups is 1. The minimum atomic E-state index is -0.593. The van der Waals surface area contributed by atoms with E-state index in [9.17, 15) is 0 Å². The van der Waals surface area contributed by atoms with Crippen molar-refractivity contribution in [3.8, 4) is 0 Å². The third-order valence-corrected chi connectivity index (χ3v) is 1.03. The second-order valence-electron chi connectivity index (χ2n) is 1.84. The Morgan fingerprint density at radius 2 is 2.33 bits per heavy atom. The van der Waals surface area contributed by atoms with Crippen LogP contribution in [-0.4, -0.2) is 25.3 Å². The molecule has 1 atom stereocenters. The summed E-state index contributed by atoms with van der Waals surface area (Å²) in [5.41, 5.74) is 0. The predicted molar refractivity (Wildman–Crippen MR) is 29.4 cm³/mol. The van der Waals surface area contributed by atoms with E-state index in [0.29, 0.717) is 5.82 Å². The molecule has 0 amide bonds. The SMILES string of the molecule is C[C@@H](O)c1nnnn1C. The molecule has 5 nitrogen and oxygen atoms in total. The van der Waals surface area contributed by atoms with E-state index in [2.05, 4.69) is 15.5 Å². The molecule has 0 fully saturated rings. The Kier molecular flexibility index (Phi) is 1.44. The summed E-state index contributed by atoms with van der Waals surface area (Å²) in [6.07, 6.45) is -0.593. The van der Waals surface area contributed by atoms with E-state index in [-0.39, 0.29) is 0 Å². The summed E-state index contributed by atoms with van der Waals surface area (Å²) in [6.45, 7) is 1.62. The Hall–Kier alpha value is -0.970. The zero-order valence-corrected chi connectivity index (χ0v) is 5.31. The van der Waals surface area contributed by atoms with Gasteiger partial charge in [0.25, 0.3) is 0 Å². The van der Waals surface area contributed by atoms with E-state index in [4.69, 9.17) is 5.11 Å². The average molecular weight is 128 g/mol. The molecule has 0 radical (unpaired) electrons. The van der Waals surface area contributed by atoms with Crippen LogP contribution in [0.1, 0.15) is 18.9 Å². The Labute approximate surface area is 52.3 Å². The van der Waals surface area contributed by atoms with Crippen molar-refractivity contribution in [3.63, 3.8) is 0 Å². The standard InChI is InChI=1S/C4H8N4O/c1-3(9)4-5-6-7-8(4)2/h3,9H,1-2H3/t3-/m1/s1. The van der Waals surface area contributed by atoms with Crippen LogP contribution in [0.5, 0.6) is 0 Å². The molecule has 5 heteroatoms. The highest BCUT2D eigenvalue weighted by atomic mass is 16.3. The van der Waals surface area contributed by atoms with Crippen LogP contribution in [0.4, 0.5) is 0 Å². The van der Waals surface area contributed by atoms with Crippen LogP contribution in [0.15, 0.2) is 0 Å². The number of aryl methyl sites for hydroxylation is 1. The lowest BCUT2D eigenvalue weighted by Crippen LogP contribution is -2.02. The maximum atomic E-state index is 8.93. The lowest BCUT2D eigenvalue weighted by atomic mass is 10.4. The molecule has 1 N–H and O–H groups in total. The molecule has 0 aromatic carbocycles. The van der Waals surface area contributed by atoms with Crippen LogP contribution in [0.25, 0.3) is 0 Å². The van der Waals surface area contributed by atoms with Gasteiger partial charge < -0.3 is 5.11 Å². The van der Waals surface area contributed by atoms with Gasteiger partial charge in [0.15, 0.2) is 5.82 Å². The number of hydrogen-bond donors (Lipinski definition) is 1. The molecule has 0 saturated heterocycles. The smallest absolute Gasteiger partial charge is 0.179 e. The second-order valence-corrected chi connectivity index (χ2v) is 1.84. The molecule has 0 aliphatic heterocycles. The summed E-state index contributed by atoms with van der Waals surface area (Å²) in [5.74, 6) is 0.481. The van der Waals surface area contributed by atoms with Crippen molar-refractivity contribution in [2.45, 2.75) is 13.0 Å². The number of nitrogens with zero attached hydrogens (tertiary/aromatic N) is 4. The molecular formula is C4H8N4O. The minimum Gasteiger partial charge on any atom is -0.385 e. The van der Waals surface area contributed by atoms with Crippen LogP contribution in [0.3, 0.4) is 0 Å². The molecule has 9 heavy (non-hydrogen) atoms. The van der Waals surface area contributed by atoms with Crippen LogP contribution in [0, 0.1) is 0 Å². The molecule has 1 heterocycles. The van der Waals surface area contributed by atoms with Crippen LogP contribution < -0.4 is 0 Å². The van der Waals surface area contributed by atoms with Gasteiger partial charge in [-0.15, -0.1) is 5.10 Å². The zero-order chi connectivity index (χ0) is 6.85. The summed E-state index contributed by atoms with van der Waals surface area (Å²) in [5, 5.41) is 19.4. The van der Waals surface area contributed by atoms with Gasteiger partial charge in [-0.05, 0) is 17.4 Å². The highest BCUT2D eigenvalue weighted by molar-refractivity contribution is 4.82. The second kappa shape index (κ2) is 2.10. The van der Waals surface area contributed by atoms with Crippen molar-refractivity contribution in [2.24, 2.45) is 7.05 Å². The Balaban J connectivity index is 2.94. The summed E-state index contributed by atoms with van der Waals surface area (Å²) >= 11 is 0. The maximum absolute atomic E-state index is 8.93. The third-order valence-electron chi connectivity index (χ3n) is 1.03. The van der Waals surface area contributed by atoms with Gasteiger partial charge in [-0.1, -0.05) is 0 Å². The van der Waals surface area contributed by atoms with Crippen molar-refractivity contribution in [3.05, 3.63) is 5.82 Å². The summed E-state index contributed by atoms with van der Waals surface area (Å²) in [4.78, 5) is 0. The van der Waals surface area contributed by atoms with Gasteiger partial charge in [0.05, 0.1) is 0 Å². The first-order valence-electron chi connectivity index (χ1n) is 2.62. The van der Waals surface area contributed by atoms with Crippen LogP contribution >= 0.6 is 0 Å². The van der Waals surface area contributed by atoms with Gasteiger partial charge in [-0.3, -0.25) is 0 Å². The molecule has 0 spiro atoms. The number of rotatable bonds is 1. The summed E-state index contributed by atoms with van der Waals surface area (Å²) in [6, 6.07) is 0. The number of aromatic nitrogens is 4. The molecule has 0 saturated carbocycles. The molecule has 1 aromatic heterocycles. The van der Waals surface area contributed by atoms with E-state index in [1.165, 1.54) is 4.68 Å². The first-order valence-corrected chi connectivity index (χ1v) is 2.62. The first-order chi connectivity index (χ1) is 4.22. The van der Waals surface area contributed by atoms with E-state index in [1.807, 2.05) is 0 Å². The lowest BCUT2D eigenvalue weighted by Gasteiger charge is -1.97. The fraction of sp³-hybridized carbons (Fsp3) is 0.750.